The molecule has 9 nitrogen and oxygen atoms in total. The van der Waals surface area contributed by atoms with Gasteiger partial charge in [-0.3, -0.25) is 9.59 Å². The number of amides is 1. The third-order valence-corrected chi connectivity index (χ3v) is 5.64. The number of ketones is 1. The van der Waals surface area contributed by atoms with Crippen LogP contribution in [0.25, 0.3) is 0 Å². The quantitative estimate of drug-likeness (QED) is 0.392. The van der Waals surface area contributed by atoms with Crippen LogP contribution >= 0.6 is 0 Å². The average molecular weight is 452 g/mol. The Kier molecular flexibility index (Phi) is 7.88. The van der Waals surface area contributed by atoms with Gasteiger partial charge in [-0.05, 0) is 31.3 Å². The zero-order valence-electron chi connectivity index (χ0n) is 19.5. The molecule has 0 spiro atoms. The lowest BCUT2D eigenvalue weighted by atomic mass is 9.77. The number of esters is 2. The normalized spacial score (nSPS) is 33.9. The number of nitrogens with zero attached hydrogens (tertiary/aromatic N) is 1. The highest BCUT2D eigenvalue weighted by molar-refractivity contribution is 5.97. The van der Waals surface area contributed by atoms with Crippen molar-refractivity contribution in [3.63, 3.8) is 0 Å². The number of ether oxygens (including phenoxy) is 3. The number of hydrogen-bond donors (Lipinski definition) is 1. The van der Waals surface area contributed by atoms with E-state index in [0.717, 1.165) is 4.90 Å². The van der Waals surface area contributed by atoms with Crippen LogP contribution in [0.15, 0.2) is 24.3 Å². The lowest BCUT2D eigenvalue weighted by molar-refractivity contribution is -0.183. The van der Waals surface area contributed by atoms with E-state index < -0.39 is 53.6 Å². The number of rotatable bonds is 4. The van der Waals surface area contributed by atoms with Crippen molar-refractivity contribution in [2.24, 2.45) is 17.8 Å². The lowest BCUT2D eigenvalue weighted by Gasteiger charge is -2.40. The SMILES string of the molecule is C=C1C(=O)O[C@@H]2C[C@H](C)/C=C\C(=O)[C@](C)(O)[C@@H](OC(=O)N(C)C)[C@@H](OC(=O)CC(C)C)[C@@H]12. The smallest absolute Gasteiger partial charge is 0.409 e. The molecule has 0 radical (unpaired) electrons. The van der Waals surface area contributed by atoms with Gasteiger partial charge in [0.1, 0.15) is 6.10 Å². The highest BCUT2D eigenvalue weighted by atomic mass is 16.6. The summed E-state index contributed by atoms with van der Waals surface area (Å²) in [6.07, 6.45) is -1.39. The number of aliphatic hydroxyl groups is 1. The third-order valence-electron chi connectivity index (χ3n) is 5.64. The fourth-order valence-corrected chi connectivity index (χ4v) is 3.83. The fraction of sp³-hybridized carbons (Fsp3) is 0.652. The Labute approximate surface area is 188 Å². The average Bonchev–Trinajstić information content (AvgIpc) is 2.94. The Morgan fingerprint density at radius 1 is 1.31 bits per heavy atom. The molecule has 0 unspecified atom stereocenters. The van der Waals surface area contributed by atoms with Crippen LogP contribution in [-0.2, 0) is 28.6 Å². The van der Waals surface area contributed by atoms with Crippen molar-refractivity contribution in [1.82, 2.24) is 4.90 Å². The molecule has 1 N–H and O–H groups in total. The van der Waals surface area contributed by atoms with E-state index >= 15 is 0 Å². The van der Waals surface area contributed by atoms with Crippen molar-refractivity contribution in [3.8, 4) is 0 Å². The lowest BCUT2D eigenvalue weighted by Crippen LogP contribution is -2.59. The van der Waals surface area contributed by atoms with Crippen LogP contribution in [0.4, 0.5) is 4.79 Å². The van der Waals surface area contributed by atoms with Crippen molar-refractivity contribution in [1.29, 1.82) is 0 Å². The van der Waals surface area contributed by atoms with E-state index in [1.54, 1.807) is 6.08 Å². The molecular formula is C23H33NO8. The van der Waals surface area contributed by atoms with E-state index in [4.69, 9.17) is 14.2 Å². The van der Waals surface area contributed by atoms with Gasteiger partial charge in [0.2, 0.25) is 0 Å². The Bertz CT molecular complexity index is 813. The highest BCUT2D eigenvalue weighted by Crippen LogP contribution is 2.40. The van der Waals surface area contributed by atoms with Crippen molar-refractivity contribution in [2.45, 2.75) is 64.4 Å². The number of carbonyl (C=O) groups excluding carboxylic acids is 4. The van der Waals surface area contributed by atoms with Gasteiger partial charge in [-0.1, -0.05) is 33.4 Å². The molecule has 0 saturated carbocycles. The first-order chi connectivity index (χ1) is 14.7. The summed E-state index contributed by atoms with van der Waals surface area (Å²) in [5.41, 5.74) is -2.22. The van der Waals surface area contributed by atoms with E-state index in [0.29, 0.717) is 6.42 Å². The summed E-state index contributed by atoms with van der Waals surface area (Å²) in [4.78, 5) is 51.5. The Morgan fingerprint density at radius 2 is 1.94 bits per heavy atom. The summed E-state index contributed by atoms with van der Waals surface area (Å²) in [7, 11) is 2.87. The second-order valence-electron chi connectivity index (χ2n) is 9.33. The number of hydrogen-bond acceptors (Lipinski definition) is 8. The zero-order valence-corrected chi connectivity index (χ0v) is 19.5. The summed E-state index contributed by atoms with van der Waals surface area (Å²) in [6.45, 7) is 10.5. The summed E-state index contributed by atoms with van der Waals surface area (Å²) in [5, 5.41) is 11.2. The van der Waals surface area contributed by atoms with Crippen LogP contribution in [0, 0.1) is 17.8 Å². The van der Waals surface area contributed by atoms with Crippen molar-refractivity contribution < 1.29 is 38.5 Å². The number of fused-ring (bicyclic) bond motifs is 1. The first-order valence-corrected chi connectivity index (χ1v) is 10.7. The van der Waals surface area contributed by atoms with Crippen molar-refractivity contribution >= 4 is 23.8 Å². The molecule has 6 atom stereocenters. The maximum Gasteiger partial charge on any atom is 0.409 e. The van der Waals surface area contributed by atoms with Crippen LogP contribution in [0.3, 0.4) is 0 Å². The first kappa shape index (κ1) is 25.6. The maximum atomic E-state index is 12.9. The summed E-state index contributed by atoms with van der Waals surface area (Å²) < 4.78 is 16.7. The molecule has 1 fully saturated rings. The molecule has 1 amide bonds. The molecule has 0 aromatic carbocycles. The van der Waals surface area contributed by atoms with Crippen LogP contribution in [-0.4, -0.2) is 71.8 Å². The van der Waals surface area contributed by atoms with Gasteiger partial charge in [0.25, 0.3) is 0 Å². The van der Waals surface area contributed by atoms with Gasteiger partial charge in [0.15, 0.2) is 23.6 Å². The molecular weight excluding hydrogens is 418 g/mol. The van der Waals surface area contributed by atoms with Gasteiger partial charge in [-0.2, -0.15) is 0 Å². The monoisotopic (exact) mass is 451 g/mol. The van der Waals surface area contributed by atoms with Crippen LogP contribution < -0.4 is 0 Å². The molecule has 0 aromatic heterocycles. The van der Waals surface area contributed by atoms with Crippen LogP contribution in [0.5, 0.6) is 0 Å². The Hall–Kier alpha value is -2.68. The summed E-state index contributed by atoms with van der Waals surface area (Å²) in [6, 6.07) is 0. The molecule has 1 aliphatic heterocycles. The second kappa shape index (κ2) is 9.85. The minimum atomic E-state index is -2.25. The number of carbonyl (C=O) groups is 4. The molecule has 0 bridgehead atoms. The summed E-state index contributed by atoms with van der Waals surface area (Å²) >= 11 is 0. The minimum absolute atomic E-state index is 0.0308. The van der Waals surface area contributed by atoms with Gasteiger partial charge in [-0.25, -0.2) is 9.59 Å². The fourth-order valence-electron chi connectivity index (χ4n) is 3.83. The standard InChI is InChI=1S/C23H33NO8/c1-12(2)10-17(26)31-19-18-14(4)21(27)30-15(18)11-13(3)8-9-16(25)23(5,29)20(19)32-22(28)24(6)7/h8-9,12-13,15,18-20,29H,4,10-11H2,1-3,5-7H3/b9-8-/t13-,15-,18+,19+,20+,23+/m1/s1. The van der Waals surface area contributed by atoms with E-state index in [1.165, 1.54) is 27.1 Å². The predicted octanol–water partition coefficient (Wildman–Crippen LogP) is 2.02. The van der Waals surface area contributed by atoms with Gasteiger partial charge >= 0.3 is 18.0 Å². The van der Waals surface area contributed by atoms with Crippen LogP contribution in [0.2, 0.25) is 0 Å². The molecule has 178 valence electrons. The molecule has 1 heterocycles. The van der Waals surface area contributed by atoms with Gasteiger partial charge in [0.05, 0.1) is 5.92 Å². The first-order valence-electron chi connectivity index (χ1n) is 10.7. The molecule has 2 rings (SSSR count). The van der Waals surface area contributed by atoms with Crippen LogP contribution in [0.1, 0.15) is 40.5 Å². The predicted molar refractivity (Wildman–Crippen MR) is 114 cm³/mol. The zero-order chi connectivity index (χ0) is 24.4. The highest BCUT2D eigenvalue weighted by Gasteiger charge is 2.56. The van der Waals surface area contributed by atoms with Gasteiger partial charge in [-0.15, -0.1) is 0 Å². The molecule has 1 saturated heterocycles. The molecule has 9 heteroatoms. The second-order valence-corrected chi connectivity index (χ2v) is 9.33. The van der Waals surface area contributed by atoms with Gasteiger partial charge in [0, 0.05) is 26.1 Å². The Morgan fingerprint density at radius 3 is 2.50 bits per heavy atom. The number of allylic oxidation sites excluding steroid dienone is 1. The minimum Gasteiger partial charge on any atom is -0.458 e. The van der Waals surface area contributed by atoms with E-state index in [-0.39, 0.29) is 23.8 Å². The van der Waals surface area contributed by atoms with Gasteiger partial charge < -0.3 is 24.2 Å². The summed E-state index contributed by atoms with van der Waals surface area (Å²) in [5.74, 6) is -3.13. The maximum absolute atomic E-state index is 12.9. The molecule has 1 aliphatic carbocycles. The largest absolute Gasteiger partial charge is 0.458 e. The Balaban J connectivity index is 2.65. The van der Waals surface area contributed by atoms with E-state index in [9.17, 15) is 24.3 Å². The van der Waals surface area contributed by atoms with E-state index in [1.807, 2.05) is 20.8 Å². The molecule has 32 heavy (non-hydrogen) atoms. The van der Waals surface area contributed by atoms with E-state index in [2.05, 4.69) is 6.58 Å². The third kappa shape index (κ3) is 5.56. The van der Waals surface area contributed by atoms with Crippen molar-refractivity contribution in [3.05, 3.63) is 24.3 Å². The topological polar surface area (TPSA) is 119 Å². The van der Waals surface area contributed by atoms with Crippen molar-refractivity contribution in [2.75, 3.05) is 14.1 Å². The molecule has 2 aliphatic rings. The molecule has 0 aromatic rings.